The van der Waals surface area contributed by atoms with Gasteiger partial charge in [-0.15, -0.1) is 11.3 Å². The summed E-state index contributed by atoms with van der Waals surface area (Å²) in [5.74, 6) is -1.10. The maximum Gasteiger partial charge on any atom is 0.345 e. The van der Waals surface area contributed by atoms with Crippen molar-refractivity contribution in [2.45, 2.75) is 24.8 Å². The van der Waals surface area contributed by atoms with Crippen LogP contribution in [0.15, 0.2) is 35.2 Å². The number of carboxylic acid groups (broad SMARTS) is 1. The average molecular weight is 337 g/mol. The van der Waals surface area contributed by atoms with Crippen LogP contribution < -0.4 is 0 Å². The van der Waals surface area contributed by atoms with Crippen molar-refractivity contribution in [2.75, 3.05) is 6.54 Å². The van der Waals surface area contributed by atoms with Crippen LogP contribution in [0.25, 0.3) is 0 Å². The fraction of sp³-hybridized carbons (Fsp3) is 0.267. The van der Waals surface area contributed by atoms with E-state index in [2.05, 4.69) is 0 Å². The summed E-state index contributed by atoms with van der Waals surface area (Å²) in [6.07, 6.45) is 0.671. The Bertz CT molecular complexity index is 839. The van der Waals surface area contributed by atoms with Crippen molar-refractivity contribution in [3.8, 4) is 0 Å². The molecule has 2 heterocycles. The predicted molar refractivity (Wildman–Crippen MR) is 83.8 cm³/mol. The third-order valence-electron chi connectivity index (χ3n) is 3.80. The van der Waals surface area contributed by atoms with Crippen molar-refractivity contribution < 1.29 is 18.3 Å². The molecule has 1 aliphatic heterocycles. The highest BCUT2D eigenvalue weighted by Gasteiger charge is 2.31. The molecule has 2 aromatic rings. The molecule has 7 heteroatoms. The fourth-order valence-corrected chi connectivity index (χ4v) is 5.46. The largest absolute Gasteiger partial charge is 0.477 e. The number of hydrogen-bond acceptors (Lipinski definition) is 4. The van der Waals surface area contributed by atoms with Gasteiger partial charge in [-0.3, -0.25) is 0 Å². The van der Waals surface area contributed by atoms with Crippen LogP contribution in [-0.2, 0) is 23.0 Å². The normalized spacial score (nSPS) is 15.5. The predicted octanol–water partition coefficient (Wildman–Crippen LogP) is 2.50. The molecule has 0 saturated heterocycles. The summed E-state index contributed by atoms with van der Waals surface area (Å²) >= 11 is 0.994. The minimum atomic E-state index is -3.67. The first-order valence-corrected chi connectivity index (χ1v) is 9.06. The number of rotatable bonds is 3. The van der Waals surface area contributed by atoms with Gasteiger partial charge >= 0.3 is 5.97 Å². The van der Waals surface area contributed by atoms with E-state index in [9.17, 15) is 13.2 Å². The van der Waals surface area contributed by atoms with E-state index in [0.717, 1.165) is 16.9 Å². The zero-order valence-corrected chi connectivity index (χ0v) is 13.6. The van der Waals surface area contributed by atoms with Crippen molar-refractivity contribution in [3.05, 3.63) is 51.2 Å². The molecule has 1 aromatic carbocycles. The topological polar surface area (TPSA) is 74.7 Å². The smallest absolute Gasteiger partial charge is 0.345 e. The molecule has 0 unspecified atom stereocenters. The Morgan fingerprint density at radius 1 is 1.27 bits per heavy atom. The van der Waals surface area contributed by atoms with E-state index in [4.69, 9.17) is 5.11 Å². The van der Waals surface area contributed by atoms with Gasteiger partial charge in [-0.25, -0.2) is 13.2 Å². The first-order chi connectivity index (χ1) is 10.4. The third-order valence-corrected chi connectivity index (χ3v) is 6.94. The van der Waals surface area contributed by atoms with Crippen molar-refractivity contribution in [3.63, 3.8) is 0 Å². The lowest BCUT2D eigenvalue weighted by Crippen LogP contribution is -2.36. The average Bonchev–Trinajstić information content (AvgIpc) is 2.90. The molecule has 0 aliphatic carbocycles. The van der Waals surface area contributed by atoms with Gasteiger partial charge in [0.2, 0.25) is 10.0 Å². The van der Waals surface area contributed by atoms with Gasteiger partial charge in [0.15, 0.2) is 0 Å². The molecule has 1 aliphatic rings. The summed E-state index contributed by atoms with van der Waals surface area (Å²) in [7, 11) is -3.67. The van der Waals surface area contributed by atoms with E-state index in [0.29, 0.717) is 24.4 Å². The summed E-state index contributed by atoms with van der Waals surface area (Å²) in [5, 5.41) is 9.03. The molecule has 1 N–H and O–H groups in total. The number of nitrogens with zero attached hydrogens (tertiary/aromatic N) is 1. The standard InChI is InChI=1S/C15H15NO4S2/c1-10-14(8-13(21-10)15(17)18)22(19,20)16-7-6-11-4-2-3-5-12(11)9-16/h2-5,8H,6-7,9H2,1H3,(H,17,18). The summed E-state index contributed by atoms with van der Waals surface area (Å²) in [6, 6.07) is 9.05. The lowest BCUT2D eigenvalue weighted by molar-refractivity contribution is 0.0702. The highest BCUT2D eigenvalue weighted by Crippen LogP contribution is 2.31. The van der Waals surface area contributed by atoms with Gasteiger partial charge in [-0.05, 0) is 30.5 Å². The van der Waals surface area contributed by atoms with Gasteiger partial charge in [0.05, 0.1) is 4.90 Å². The molecule has 0 saturated carbocycles. The number of sulfonamides is 1. The van der Waals surface area contributed by atoms with E-state index in [1.54, 1.807) is 6.92 Å². The van der Waals surface area contributed by atoms with Crippen LogP contribution in [0.5, 0.6) is 0 Å². The Morgan fingerprint density at radius 3 is 2.59 bits per heavy atom. The number of fused-ring (bicyclic) bond motifs is 1. The monoisotopic (exact) mass is 337 g/mol. The van der Waals surface area contributed by atoms with Gasteiger partial charge < -0.3 is 5.11 Å². The lowest BCUT2D eigenvalue weighted by Gasteiger charge is -2.28. The van der Waals surface area contributed by atoms with E-state index < -0.39 is 16.0 Å². The van der Waals surface area contributed by atoms with Gasteiger partial charge in [0.1, 0.15) is 4.88 Å². The van der Waals surface area contributed by atoms with Crippen molar-refractivity contribution in [1.82, 2.24) is 4.31 Å². The molecule has 1 aromatic heterocycles. The van der Waals surface area contributed by atoms with Crippen LogP contribution in [-0.4, -0.2) is 30.3 Å². The van der Waals surface area contributed by atoms with E-state index >= 15 is 0 Å². The maximum atomic E-state index is 12.8. The maximum absolute atomic E-state index is 12.8. The fourth-order valence-electron chi connectivity index (χ4n) is 2.64. The summed E-state index contributed by atoms with van der Waals surface area (Å²) in [5.41, 5.74) is 2.17. The molecule has 0 radical (unpaired) electrons. The molecular weight excluding hydrogens is 322 g/mol. The Hall–Kier alpha value is -1.70. The second-order valence-electron chi connectivity index (χ2n) is 5.19. The van der Waals surface area contributed by atoms with Crippen LogP contribution in [0.1, 0.15) is 25.7 Å². The molecular formula is C15H15NO4S2. The minimum Gasteiger partial charge on any atom is -0.477 e. The molecule has 0 atom stereocenters. The molecule has 0 amide bonds. The van der Waals surface area contributed by atoms with Crippen molar-refractivity contribution in [2.24, 2.45) is 0 Å². The summed E-state index contributed by atoms with van der Waals surface area (Å²) in [6.45, 7) is 2.38. The third kappa shape index (κ3) is 2.55. The second-order valence-corrected chi connectivity index (χ2v) is 8.36. The number of hydrogen-bond donors (Lipinski definition) is 1. The van der Waals surface area contributed by atoms with Gasteiger partial charge in [-0.2, -0.15) is 4.31 Å². The van der Waals surface area contributed by atoms with Crippen LogP contribution >= 0.6 is 11.3 Å². The van der Waals surface area contributed by atoms with Gasteiger partial charge in [-0.1, -0.05) is 24.3 Å². The van der Waals surface area contributed by atoms with Crippen LogP contribution in [0.2, 0.25) is 0 Å². The molecule has 0 spiro atoms. The Labute approximate surface area is 132 Å². The van der Waals surface area contributed by atoms with Crippen LogP contribution in [0.4, 0.5) is 0 Å². The van der Waals surface area contributed by atoms with Crippen molar-refractivity contribution >= 4 is 27.3 Å². The molecule has 22 heavy (non-hydrogen) atoms. The lowest BCUT2D eigenvalue weighted by atomic mass is 10.0. The zero-order chi connectivity index (χ0) is 15.9. The minimum absolute atomic E-state index is 0.0495. The SMILES string of the molecule is Cc1sc(C(=O)O)cc1S(=O)(=O)N1CCc2ccccc2C1. The molecule has 3 rings (SSSR count). The Kier molecular flexibility index (Phi) is 3.80. The number of aryl methyl sites for hydroxylation is 1. The van der Waals surface area contributed by atoms with E-state index in [1.165, 1.54) is 15.9 Å². The van der Waals surface area contributed by atoms with E-state index in [-0.39, 0.29) is 9.77 Å². The number of thiophene rings is 1. The number of benzene rings is 1. The van der Waals surface area contributed by atoms with E-state index in [1.807, 2.05) is 24.3 Å². The Balaban J connectivity index is 1.96. The zero-order valence-electron chi connectivity index (χ0n) is 11.9. The first-order valence-electron chi connectivity index (χ1n) is 6.80. The van der Waals surface area contributed by atoms with Crippen molar-refractivity contribution in [1.29, 1.82) is 0 Å². The first kappa shape index (κ1) is 15.2. The molecule has 116 valence electrons. The van der Waals surface area contributed by atoms with Gasteiger partial charge in [0, 0.05) is 18.0 Å². The number of carbonyl (C=O) groups is 1. The van der Waals surface area contributed by atoms with Crippen LogP contribution in [0, 0.1) is 6.92 Å². The van der Waals surface area contributed by atoms with Gasteiger partial charge in [0.25, 0.3) is 0 Å². The highest BCUT2D eigenvalue weighted by molar-refractivity contribution is 7.89. The summed E-state index contributed by atoms with van der Waals surface area (Å²) < 4.78 is 27.0. The number of carboxylic acids is 1. The van der Waals surface area contributed by atoms with Crippen LogP contribution in [0.3, 0.4) is 0 Å². The molecule has 5 nitrogen and oxygen atoms in total. The highest BCUT2D eigenvalue weighted by atomic mass is 32.2. The second kappa shape index (κ2) is 5.49. The quantitative estimate of drug-likeness (QED) is 0.934. The summed E-state index contributed by atoms with van der Waals surface area (Å²) in [4.78, 5) is 11.7. The molecule has 0 fully saturated rings. The number of aromatic carboxylic acids is 1. The Morgan fingerprint density at radius 2 is 1.95 bits per heavy atom. The molecule has 0 bridgehead atoms.